The van der Waals surface area contributed by atoms with Gasteiger partial charge in [0.05, 0.1) is 12.7 Å². The minimum absolute atomic E-state index is 0.0979. The number of carbonyl (C=O) groups excluding carboxylic acids is 1. The molecule has 1 saturated heterocycles. The van der Waals surface area contributed by atoms with E-state index in [1.807, 2.05) is 37.2 Å². The van der Waals surface area contributed by atoms with Gasteiger partial charge in [0.1, 0.15) is 5.75 Å². The lowest BCUT2D eigenvalue weighted by Crippen LogP contribution is -2.41. The van der Waals surface area contributed by atoms with Crippen LogP contribution in [0.4, 0.5) is 0 Å². The third-order valence-electron chi connectivity index (χ3n) is 4.71. The van der Waals surface area contributed by atoms with Gasteiger partial charge in [-0.05, 0) is 63.5 Å². The monoisotopic (exact) mass is 332 g/mol. The number of hydrogen-bond donors (Lipinski definition) is 0. The van der Waals surface area contributed by atoms with Gasteiger partial charge in [0.15, 0.2) is 0 Å². The van der Waals surface area contributed by atoms with Gasteiger partial charge in [-0.25, -0.2) is 0 Å². The Bertz CT molecular complexity index is 568. The summed E-state index contributed by atoms with van der Waals surface area (Å²) in [4.78, 5) is 17.1. The van der Waals surface area contributed by atoms with E-state index in [9.17, 15) is 4.79 Å². The molecule has 0 bridgehead atoms. The molecule has 0 radical (unpaired) electrons. The van der Waals surface area contributed by atoms with Crippen molar-refractivity contribution in [2.24, 2.45) is 0 Å². The van der Waals surface area contributed by atoms with Gasteiger partial charge in [0.25, 0.3) is 5.91 Å². The molecule has 3 rings (SSSR count). The third kappa shape index (κ3) is 4.28. The Morgan fingerprint density at radius 1 is 1.21 bits per heavy atom. The molecule has 0 aromatic heterocycles. The summed E-state index contributed by atoms with van der Waals surface area (Å²) >= 11 is 0. The second kappa shape index (κ2) is 7.99. The molecule has 1 atom stereocenters. The Balaban J connectivity index is 1.73. The highest BCUT2D eigenvalue weighted by Crippen LogP contribution is 2.26. The molecule has 132 valence electrons. The van der Waals surface area contributed by atoms with Crippen molar-refractivity contribution in [2.75, 3.05) is 46.9 Å². The lowest BCUT2D eigenvalue weighted by atomic mass is 10.0. The minimum Gasteiger partial charge on any atom is -0.493 e. The quantitative estimate of drug-likeness (QED) is 0.801. The molecule has 1 amide bonds. The fourth-order valence-corrected chi connectivity index (χ4v) is 3.31. The zero-order valence-corrected chi connectivity index (χ0v) is 14.8. The summed E-state index contributed by atoms with van der Waals surface area (Å²) in [6, 6.07) is 5.84. The van der Waals surface area contributed by atoms with E-state index < -0.39 is 0 Å². The van der Waals surface area contributed by atoms with Crippen molar-refractivity contribution in [3.8, 4) is 5.75 Å². The van der Waals surface area contributed by atoms with Crippen molar-refractivity contribution in [1.29, 1.82) is 0 Å². The van der Waals surface area contributed by atoms with E-state index >= 15 is 0 Å². The Hall–Kier alpha value is -1.59. The van der Waals surface area contributed by atoms with E-state index in [-0.39, 0.29) is 12.0 Å². The smallest absolute Gasteiger partial charge is 0.253 e. The molecule has 24 heavy (non-hydrogen) atoms. The molecule has 1 fully saturated rings. The summed E-state index contributed by atoms with van der Waals surface area (Å²) in [5, 5.41) is 0. The zero-order valence-electron chi connectivity index (χ0n) is 14.8. The van der Waals surface area contributed by atoms with E-state index in [0.717, 1.165) is 68.9 Å². The molecule has 1 aromatic carbocycles. The Morgan fingerprint density at radius 3 is 2.83 bits per heavy atom. The Morgan fingerprint density at radius 2 is 2.08 bits per heavy atom. The largest absolute Gasteiger partial charge is 0.493 e. The van der Waals surface area contributed by atoms with Gasteiger partial charge in [-0.2, -0.15) is 0 Å². The molecule has 0 aliphatic carbocycles. The highest BCUT2D eigenvalue weighted by molar-refractivity contribution is 5.94. The second-order valence-electron chi connectivity index (χ2n) is 6.96. The number of fused-ring (bicyclic) bond motifs is 1. The van der Waals surface area contributed by atoms with Crippen LogP contribution in [0.25, 0.3) is 0 Å². The van der Waals surface area contributed by atoms with Crippen molar-refractivity contribution < 1.29 is 14.3 Å². The van der Waals surface area contributed by atoms with Gasteiger partial charge in [-0.3, -0.25) is 4.79 Å². The van der Waals surface area contributed by atoms with Crippen LogP contribution in [0.5, 0.6) is 5.75 Å². The maximum Gasteiger partial charge on any atom is 0.253 e. The number of aryl methyl sites for hydroxylation is 1. The van der Waals surface area contributed by atoms with Crippen molar-refractivity contribution in [3.63, 3.8) is 0 Å². The average molecular weight is 332 g/mol. The predicted octanol–water partition coefficient (Wildman–Crippen LogP) is 2.19. The number of rotatable bonds is 6. The van der Waals surface area contributed by atoms with Gasteiger partial charge < -0.3 is 19.3 Å². The Labute approximate surface area is 144 Å². The number of amides is 1. The van der Waals surface area contributed by atoms with Gasteiger partial charge in [-0.15, -0.1) is 0 Å². The van der Waals surface area contributed by atoms with Crippen LogP contribution in [0.1, 0.15) is 35.2 Å². The first-order chi connectivity index (χ1) is 11.6. The standard InChI is InChI=1S/C19H28N2O3/c1-20(2)9-10-21(14-17-6-4-11-23-17)19(22)16-7-8-18-15(13-16)5-3-12-24-18/h7-8,13,17H,3-6,9-12,14H2,1-2H3. The topological polar surface area (TPSA) is 42.0 Å². The van der Waals surface area contributed by atoms with Crippen molar-refractivity contribution in [3.05, 3.63) is 29.3 Å². The average Bonchev–Trinajstić information content (AvgIpc) is 3.10. The number of likely N-dealkylation sites (N-methyl/N-ethyl adjacent to an activating group) is 1. The summed E-state index contributed by atoms with van der Waals surface area (Å²) in [6.45, 7) is 3.84. The molecule has 2 heterocycles. The van der Waals surface area contributed by atoms with Gasteiger partial charge >= 0.3 is 0 Å². The molecule has 0 saturated carbocycles. The number of carbonyl (C=O) groups is 1. The molecule has 1 unspecified atom stereocenters. The molecule has 0 N–H and O–H groups in total. The lowest BCUT2D eigenvalue weighted by Gasteiger charge is -2.27. The summed E-state index contributed by atoms with van der Waals surface area (Å²) in [6.07, 6.45) is 4.32. The Kier molecular flexibility index (Phi) is 5.74. The highest BCUT2D eigenvalue weighted by Gasteiger charge is 2.24. The van der Waals surface area contributed by atoms with Crippen LogP contribution in [-0.2, 0) is 11.2 Å². The van der Waals surface area contributed by atoms with Crippen molar-refractivity contribution in [2.45, 2.75) is 31.8 Å². The summed E-state index contributed by atoms with van der Waals surface area (Å²) in [7, 11) is 4.07. The first-order valence-electron chi connectivity index (χ1n) is 8.95. The van der Waals surface area contributed by atoms with Gasteiger partial charge in [0, 0.05) is 31.8 Å². The first-order valence-corrected chi connectivity index (χ1v) is 8.95. The van der Waals surface area contributed by atoms with E-state index in [1.165, 1.54) is 0 Å². The van der Waals surface area contributed by atoms with Crippen molar-refractivity contribution >= 4 is 5.91 Å². The van der Waals surface area contributed by atoms with Gasteiger partial charge in [0.2, 0.25) is 0 Å². The summed E-state index contributed by atoms with van der Waals surface area (Å²) < 4.78 is 11.4. The molecule has 2 aliphatic heterocycles. The van der Waals surface area contributed by atoms with Crippen LogP contribution in [0.2, 0.25) is 0 Å². The van der Waals surface area contributed by atoms with E-state index in [2.05, 4.69) is 4.90 Å². The van der Waals surface area contributed by atoms with Crippen LogP contribution in [0.3, 0.4) is 0 Å². The van der Waals surface area contributed by atoms with Crippen LogP contribution in [-0.4, -0.2) is 68.8 Å². The molecular weight excluding hydrogens is 304 g/mol. The maximum atomic E-state index is 13.0. The zero-order chi connectivity index (χ0) is 16.9. The number of nitrogens with zero attached hydrogens (tertiary/aromatic N) is 2. The van der Waals surface area contributed by atoms with E-state index in [4.69, 9.17) is 9.47 Å². The number of hydrogen-bond acceptors (Lipinski definition) is 4. The molecule has 5 nitrogen and oxygen atoms in total. The minimum atomic E-state index is 0.0979. The molecule has 1 aromatic rings. The summed E-state index contributed by atoms with van der Waals surface area (Å²) in [5.41, 5.74) is 1.91. The SMILES string of the molecule is CN(C)CCN(CC1CCCO1)C(=O)c1ccc2c(c1)CCCO2. The number of benzene rings is 1. The van der Waals surface area contributed by atoms with E-state index in [1.54, 1.807) is 0 Å². The van der Waals surface area contributed by atoms with Crippen LogP contribution >= 0.6 is 0 Å². The van der Waals surface area contributed by atoms with Crippen LogP contribution in [0.15, 0.2) is 18.2 Å². The fourth-order valence-electron chi connectivity index (χ4n) is 3.31. The molecule has 2 aliphatic rings. The van der Waals surface area contributed by atoms with E-state index in [0.29, 0.717) is 6.54 Å². The van der Waals surface area contributed by atoms with Gasteiger partial charge in [-0.1, -0.05) is 0 Å². The van der Waals surface area contributed by atoms with Crippen LogP contribution in [0, 0.1) is 0 Å². The maximum absolute atomic E-state index is 13.0. The van der Waals surface area contributed by atoms with Crippen LogP contribution < -0.4 is 4.74 Å². The second-order valence-corrected chi connectivity index (χ2v) is 6.96. The third-order valence-corrected chi connectivity index (χ3v) is 4.71. The number of ether oxygens (including phenoxy) is 2. The molecule has 5 heteroatoms. The first kappa shape index (κ1) is 17.2. The van der Waals surface area contributed by atoms with Crippen molar-refractivity contribution in [1.82, 2.24) is 9.80 Å². The summed E-state index contributed by atoms with van der Waals surface area (Å²) in [5.74, 6) is 1.03. The fraction of sp³-hybridized carbons (Fsp3) is 0.632. The normalized spacial score (nSPS) is 19.9. The predicted molar refractivity (Wildman–Crippen MR) is 93.7 cm³/mol. The highest BCUT2D eigenvalue weighted by atomic mass is 16.5. The lowest BCUT2D eigenvalue weighted by molar-refractivity contribution is 0.0512. The molecular formula is C19H28N2O3. The molecule has 0 spiro atoms.